The van der Waals surface area contributed by atoms with Gasteiger partial charge in [0.2, 0.25) is 0 Å². The van der Waals surface area contributed by atoms with Crippen molar-refractivity contribution in [3.63, 3.8) is 0 Å². The van der Waals surface area contributed by atoms with Gasteiger partial charge < -0.3 is 5.32 Å². The number of alkyl halides is 3. The topological polar surface area (TPSA) is 93.0 Å². The van der Waals surface area contributed by atoms with Crippen molar-refractivity contribution >= 4 is 28.1 Å². The Bertz CT molecular complexity index is 1610. The molecular weight excluding hydrogens is 565 g/mol. The number of carbonyl (C=O) groups excluding carboxylic acids is 1. The van der Waals surface area contributed by atoms with Gasteiger partial charge in [-0.15, -0.1) is 0 Å². The molecule has 1 fully saturated rings. The molecule has 1 N–H and O–H groups in total. The summed E-state index contributed by atoms with van der Waals surface area (Å²) >= 11 is 0. The molecule has 4 aromatic rings. The maximum absolute atomic E-state index is 13.2. The minimum Gasteiger partial charge on any atom is -0.340 e. The molecule has 1 aliphatic heterocycles. The summed E-state index contributed by atoms with van der Waals surface area (Å²) in [5.74, 6) is 2.14. The molecule has 220 valence electrons. The zero-order valence-electron chi connectivity index (χ0n) is 23.3. The third-order valence-corrected chi connectivity index (χ3v) is 8.42. The predicted molar refractivity (Wildman–Crippen MR) is 156 cm³/mol. The molecule has 0 saturated carbocycles. The Morgan fingerprint density at radius 3 is 2.55 bits per heavy atom. The van der Waals surface area contributed by atoms with Gasteiger partial charge in [0.25, 0.3) is 0 Å². The van der Waals surface area contributed by atoms with E-state index in [0.717, 1.165) is 54.3 Å². The first-order chi connectivity index (χ1) is 20.1. The van der Waals surface area contributed by atoms with Crippen LogP contribution in [0.15, 0.2) is 60.9 Å². The van der Waals surface area contributed by atoms with Gasteiger partial charge in [-0.3, -0.25) is 13.9 Å². The second-order valence-corrected chi connectivity index (χ2v) is 11.9. The van der Waals surface area contributed by atoms with Gasteiger partial charge in [0.05, 0.1) is 11.3 Å². The first kappa shape index (κ1) is 29.6. The van der Waals surface area contributed by atoms with Crippen molar-refractivity contribution in [1.29, 1.82) is 0 Å². The van der Waals surface area contributed by atoms with Crippen LogP contribution in [0.4, 0.5) is 24.7 Å². The van der Waals surface area contributed by atoms with E-state index in [0.29, 0.717) is 35.2 Å². The SMILES string of the molecule is CCc1cc(-n2nc(CN3CCS(=O)CC3)cc2Nc2cc(CC(=O)c3cccc(C(F)(F)F)c3)ccc2C)ncn1. The highest BCUT2D eigenvalue weighted by molar-refractivity contribution is 7.85. The molecule has 0 atom stereocenters. The summed E-state index contributed by atoms with van der Waals surface area (Å²) in [6, 6.07) is 13.8. The maximum atomic E-state index is 13.2. The molecule has 0 aliphatic carbocycles. The van der Waals surface area contributed by atoms with Crippen molar-refractivity contribution in [3.05, 3.63) is 94.6 Å². The van der Waals surface area contributed by atoms with Gasteiger partial charge in [-0.25, -0.2) is 9.97 Å². The molecule has 0 radical (unpaired) electrons. The quantitative estimate of drug-likeness (QED) is 0.263. The number of hydrogen-bond acceptors (Lipinski definition) is 7. The Balaban J connectivity index is 1.41. The number of halogens is 3. The second kappa shape index (κ2) is 12.5. The third-order valence-electron chi connectivity index (χ3n) is 7.15. The van der Waals surface area contributed by atoms with Gasteiger partial charge in [-0.2, -0.15) is 23.0 Å². The van der Waals surface area contributed by atoms with Crippen molar-refractivity contribution in [1.82, 2.24) is 24.6 Å². The molecule has 0 spiro atoms. The van der Waals surface area contributed by atoms with E-state index in [2.05, 4.69) is 20.2 Å². The third kappa shape index (κ3) is 7.11. The Morgan fingerprint density at radius 1 is 1.02 bits per heavy atom. The normalized spacial score (nSPS) is 14.7. The molecule has 3 heterocycles. The van der Waals surface area contributed by atoms with E-state index in [1.54, 1.807) is 10.7 Å². The lowest BCUT2D eigenvalue weighted by Gasteiger charge is -2.24. The highest BCUT2D eigenvalue weighted by Crippen LogP contribution is 2.30. The monoisotopic (exact) mass is 596 g/mol. The van der Waals surface area contributed by atoms with E-state index in [-0.39, 0.29) is 12.0 Å². The van der Waals surface area contributed by atoms with Crippen LogP contribution >= 0.6 is 0 Å². The highest BCUT2D eigenvalue weighted by Gasteiger charge is 2.31. The molecular formula is C30H31F3N6O2S. The molecule has 0 amide bonds. The number of rotatable bonds is 9. The van der Waals surface area contributed by atoms with Crippen LogP contribution in [0.2, 0.25) is 0 Å². The number of anilines is 2. The van der Waals surface area contributed by atoms with Crippen molar-refractivity contribution in [2.24, 2.45) is 0 Å². The number of carbonyl (C=O) groups is 1. The fourth-order valence-electron chi connectivity index (χ4n) is 4.74. The van der Waals surface area contributed by atoms with E-state index in [1.807, 2.05) is 38.1 Å². The fraction of sp³-hybridized carbons (Fsp3) is 0.333. The Labute approximate surface area is 244 Å². The smallest absolute Gasteiger partial charge is 0.340 e. The van der Waals surface area contributed by atoms with Gasteiger partial charge in [0, 0.05) is 77.4 Å². The van der Waals surface area contributed by atoms with Crippen LogP contribution in [0.1, 0.15) is 45.4 Å². The number of Topliss-reactive ketones (excluding diaryl/α,β-unsaturated/α-hetero) is 1. The molecule has 0 unspecified atom stereocenters. The van der Waals surface area contributed by atoms with Gasteiger partial charge >= 0.3 is 6.18 Å². The fourth-order valence-corrected chi connectivity index (χ4v) is 5.86. The van der Waals surface area contributed by atoms with Crippen LogP contribution in [0, 0.1) is 6.92 Å². The maximum Gasteiger partial charge on any atom is 0.416 e. The molecule has 2 aromatic heterocycles. The van der Waals surface area contributed by atoms with Crippen molar-refractivity contribution in [3.8, 4) is 5.82 Å². The Morgan fingerprint density at radius 2 is 1.81 bits per heavy atom. The lowest BCUT2D eigenvalue weighted by Crippen LogP contribution is -2.37. The van der Waals surface area contributed by atoms with Crippen molar-refractivity contribution in [2.75, 3.05) is 29.9 Å². The number of benzene rings is 2. The number of hydrogen-bond donors (Lipinski definition) is 1. The van der Waals surface area contributed by atoms with Crippen molar-refractivity contribution in [2.45, 2.75) is 39.4 Å². The first-order valence-electron chi connectivity index (χ1n) is 13.6. The van der Waals surface area contributed by atoms with Crippen LogP contribution in [-0.4, -0.2) is 59.2 Å². The van der Waals surface area contributed by atoms with E-state index in [1.165, 1.54) is 18.5 Å². The molecule has 12 heteroatoms. The highest BCUT2D eigenvalue weighted by atomic mass is 32.2. The molecule has 5 rings (SSSR count). The molecule has 8 nitrogen and oxygen atoms in total. The summed E-state index contributed by atoms with van der Waals surface area (Å²) in [5.41, 5.74) is 3.15. The summed E-state index contributed by atoms with van der Waals surface area (Å²) in [6.45, 7) is 5.99. The lowest BCUT2D eigenvalue weighted by atomic mass is 9.99. The van der Waals surface area contributed by atoms with Gasteiger partial charge in [0.1, 0.15) is 12.1 Å². The molecule has 2 aromatic carbocycles. The Hall–Kier alpha value is -3.90. The van der Waals surface area contributed by atoms with Gasteiger partial charge in [-0.05, 0) is 42.7 Å². The lowest BCUT2D eigenvalue weighted by molar-refractivity contribution is -0.137. The van der Waals surface area contributed by atoms with Gasteiger partial charge in [-0.1, -0.05) is 31.2 Å². The minimum atomic E-state index is -4.52. The average molecular weight is 597 g/mol. The van der Waals surface area contributed by atoms with Gasteiger partial charge in [0.15, 0.2) is 11.6 Å². The zero-order chi connectivity index (χ0) is 29.9. The molecule has 0 bridgehead atoms. The molecule has 1 saturated heterocycles. The largest absolute Gasteiger partial charge is 0.416 e. The molecule has 42 heavy (non-hydrogen) atoms. The Kier molecular flexibility index (Phi) is 8.83. The minimum absolute atomic E-state index is 0.0136. The first-order valence-corrected chi connectivity index (χ1v) is 15.1. The van der Waals surface area contributed by atoms with Crippen LogP contribution < -0.4 is 5.32 Å². The van der Waals surface area contributed by atoms with Crippen LogP contribution in [0.3, 0.4) is 0 Å². The standard InChI is InChI=1S/C30H31F3N6O2S/c1-3-24-16-28(35-19-34-24)39-29(17-25(37-39)18-38-9-11-42(41)12-10-38)36-26-13-21(8-7-20(26)2)14-27(40)22-5-4-6-23(15-22)30(31,32)33/h4-8,13,15-17,19,36H,3,9-12,14,18H2,1-2H3. The molecule has 1 aliphatic rings. The summed E-state index contributed by atoms with van der Waals surface area (Å²) in [5, 5.41) is 8.27. The number of nitrogens with zero attached hydrogens (tertiary/aromatic N) is 5. The van der Waals surface area contributed by atoms with E-state index >= 15 is 0 Å². The summed E-state index contributed by atoms with van der Waals surface area (Å²) in [7, 11) is -0.776. The van der Waals surface area contributed by atoms with Crippen LogP contribution in [0.25, 0.3) is 5.82 Å². The zero-order valence-corrected chi connectivity index (χ0v) is 24.1. The van der Waals surface area contributed by atoms with Crippen molar-refractivity contribution < 1.29 is 22.2 Å². The van der Waals surface area contributed by atoms with E-state index in [9.17, 15) is 22.2 Å². The summed E-state index contributed by atoms with van der Waals surface area (Å²) < 4.78 is 53.0. The summed E-state index contributed by atoms with van der Waals surface area (Å²) in [6.07, 6.45) is -2.33. The van der Waals surface area contributed by atoms with Crippen LogP contribution in [-0.2, 0) is 36.4 Å². The number of aryl methyl sites for hydroxylation is 2. The second-order valence-electron chi connectivity index (χ2n) is 10.2. The average Bonchev–Trinajstić information content (AvgIpc) is 3.37. The summed E-state index contributed by atoms with van der Waals surface area (Å²) in [4.78, 5) is 23.9. The predicted octanol–water partition coefficient (Wildman–Crippen LogP) is 5.29. The van der Waals surface area contributed by atoms with E-state index in [4.69, 9.17) is 5.10 Å². The number of aromatic nitrogens is 4. The number of nitrogens with one attached hydrogen (secondary N) is 1. The van der Waals surface area contributed by atoms with E-state index < -0.39 is 28.3 Å². The van der Waals surface area contributed by atoms with Crippen LogP contribution in [0.5, 0.6) is 0 Å². The number of ketones is 1.